The first-order valence-electron chi connectivity index (χ1n) is 3.94. The third kappa shape index (κ3) is 3.12. The average Bonchev–Trinajstić information content (AvgIpc) is 2.30. The predicted molar refractivity (Wildman–Crippen MR) is 59.2 cm³/mol. The van der Waals surface area contributed by atoms with Gasteiger partial charge in [-0.3, -0.25) is 4.79 Å². The molecule has 0 atom stereocenters. The maximum atomic E-state index is 11.6. The van der Waals surface area contributed by atoms with E-state index in [-0.39, 0.29) is 11.4 Å². The Bertz CT molecular complexity index is 314. The second kappa shape index (κ2) is 3.80. The minimum atomic E-state index is -0.182. The van der Waals surface area contributed by atoms with Crippen molar-refractivity contribution < 1.29 is 4.79 Å². The highest BCUT2D eigenvalue weighted by atomic mass is 79.9. The normalized spacial score (nSPS) is 11.4. The van der Waals surface area contributed by atoms with Gasteiger partial charge in [-0.15, -0.1) is 0 Å². The third-order valence-corrected chi connectivity index (χ3v) is 3.05. The molecule has 1 heterocycles. The van der Waals surface area contributed by atoms with E-state index in [2.05, 4.69) is 21.2 Å². The summed E-state index contributed by atoms with van der Waals surface area (Å²) in [7, 11) is 0. The molecule has 0 bridgehead atoms. The Balaban J connectivity index is 2.76. The molecule has 0 radical (unpaired) electrons. The number of rotatable bonds is 1. The van der Waals surface area contributed by atoms with Crippen molar-refractivity contribution in [3.63, 3.8) is 0 Å². The molecule has 0 aromatic carbocycles. The van der Waals surface area contributed by atoms with Gasteiger partial charge in [-0.25, -0.2) is 0 Å². The second-order valence-corrected chi connectivity index (χ2v) is 5.44. The first-order valence-corrected chi connectivity index (χ1v) is 5.68. The quantitative estimate of drug-likeness (QED) is 0.828. The smallest absolute Gasteiger partial charge is 0.253 e. The van der Waals surface area contributed by atoms with Crippen molar-refractivity contribution in [1.29, 1.82) is 0 Å². The highest BCUT2D eigenvalue weighted by Crippen LogP contribution is 2.21. The molecule has 0 fully saturated rings. The first kappa shape index (κ1) is 10.7. The number of halogens is 1. The van der Waals surface area contributed by atoms with E-state index in [9.17, 15) is 4.79 Å². The van der Waals surface area contributed by atoms with Crippen LogP contribution in [0, 0.1) is 0 Å². The van der Waals surface area contributed by atoms with Gasteiger partial charge >= 0.3 is 0 Å². The van der Waals surface area contributed by atoms with Crippen molar-refractivity contribution in [2.45, 2.75) is 26.3 Å². The lowest BCUT2D eigenvalue weighted by atomic mass is 10.1. The minimum Gasteiger partial charge on any atom is -0.347 e. The summed E-state index contributed by atoms with van der Waals surface area (Å²) in [6.07, 6.45) is 0. The maximum Gasteiger partial charge on any atom is 0.253 e. The molecule has 1 rings (SSSR count). The van der Waals surface area contributed by atoms with Crippen LogP contribution in [0.1, 0.15) is 31.1 Å². The van der Waals surface area contributed by atoms with Crippen molar-refractivity contribution in [2.75, 3.05) is 0 Å². The van der Waals surface area contributed by atoms with Crippen LogP contribution >= 0.6 is 27.3 Å². The molecule has 1 aromatic rings. The number of nitrogens with one attached hydrogen (secondary N) is 1. The molecule has 2 nitrogen and oxygen atoms in total. The van der Waals surface area contributed by atoms with Crippen LogP contribution in [0.5, 0.6) is 0 Å². The number of thiophene rings is 1. The Morgan fingerprint density at radius 3 is 2.46 bits per heavy atom. The topological polar surface area (TPSA) is 29.1 Å². The monoisotopic (exact) mass is 261 g/mol. The van der Waals surface area contributed by atoms with E-state index in [4.69, 9.17) is 0 Å². The fourth-order valence-corrected chi connectivity index (χ4v) is 2.31. The zero-order valence-electron chi connectivity index (χ0n) is 7.85. The van der Waals surface area contributed by atoms with E-state index >= 15 is 0 Å². The maximum absolute atomic E-state index is 11.6. The number of hydrogen-bond donors (Lipinski definition) is 1. The first-order chi connectivity index (χ1) is 5.90. The average molecular weight is 262 g/mol. The van der Waals surface area contributed by atoms with Crippen LogP contribution in [0.15, 0.2) is 15.2 Å². The highest BCUT2D eigenvalue weighted by Gasteiger charge is 2.17. The lowest BCUT2D eigenvalue weighted by Crippen LogP contribution is -2.40. The second-order valence-electron chi connectivity index (χ2n) is 3.84. The number of amides is 1. The fraction of sp³-hybridized carbons (Fsp3) is 0.444. The van der Waals surface area contributed by atoms with E-state index in [0.29, 0.717) is 5.56 Å². The predicted octanol–water partition coefficient (Wildman–Crippen LogP) is 3.04. The standard InChI is InChI=1S/C9H12BrNOS/c1-9(2,3)11-8(12)6-4-13-5-7(6)10/h4-5H,1-3H3,(H,11,12). The summed E-state index contributed by atoms with van der Waals surface area (Å²) in [5.74, 6) is -0.0272. The molecule has 1 aromatic heterocycles. The van der Waals surface area contributed by atoms with Gasteiger partial charge in [-0.05, 0) is 36.7 Å². The van der Waals surface area contributed by atoms with Crippen LogP contribution in [0.3, 0.4) is 0 Å². The molecule has 0 spiro atoms. The fourth-order valence-electron chi connectivity index (χ4n) is 0.851. The molecule has 0 saturated carbocycles. The van der Waals surface area contributed by atoms with E-state index in [0.717, 1.165) is 4.47 Å². The molecule has 13 heavy (non-hydrogen) atoms. The van der Waals surface area contributed by atoms with Gasteiger partial charge in [0.1, 0.15) is 0 Å². The summed E-state index contributed by atoms with van der Waals surface area (Å²) in [5.41, 5.74) is 0.526. The number of carbonyl (C=O) groups is 1. The minimum absolute atomic E-state index is 0.0272. The van der Waals surface area contributed by atoms with Crippen molar-refractivity contribution in [2.24, 2.45) is 0 Å². The molecular weight excluding hydrogens is 250 g/mol. The third-order valence-electron chi connectivity index (χ3n) is 1.35. The van der Waals surface area contributed by atoms with E-state index in [1.54, 1.807) is 0 Å². The van der Waals surface area contributed by atoms with Gasteiger partial charge in [-0.2, -0.15) is 11.3 Å². The summed E-state index contributed by atoms with van der Waals surface area (Å²) in [6.45, 7) is 5.89. The van der Waals surface area contributed by atoms with Crippen molar-refractivity contribution in [1.82, 2.24) is 5.32 Å². The highest BCUT2D eigenvalue weighted by molar-refractivity contribution is 9.10. The number of carbonyl (C=O) groups excluding carboxylic acids is 1. The Hall–Kier alpha value is -0.350. The Kier molecular flexibility index (Phi) is 3.14. The van der Waals surface area contributed by atoms with Crippen LogP contribution in [0.2, 0.25) is 0 Å². The Morgan fingerprint density at radius 1 is 1.46 bits per heavy atom. The van der Waals surface area contributed by atoms with E-state index in [1.807, 2.05) is 31.5 Å². The van der Waals surface area contributed by atoms with Crippen LogP contribution in [0.25, 0.3) is 0 Å². The van der Waals surface area contributed by atoms with Crippen molar-refractivity contribution in [3.8, 4) is 0 Å². The lowest BCUT2D eigenvalue weighted by molar-refractivity contribution is 0.0919. The van der Waals surface area contributed by atoms with Crippen molar-refractivity contribution >= 4 is 33.2 Å². The summed E-state index contributed by atoms with van der Waals surface area (Å²) in [6, 6.07) is 0. The summed E-state index contributed by atoms with van der Waals surface area (Å²) in [5, 5.41) is 6.64. The van der Waals surface area contributed by atoms with Crippen LogP contribution in [-0.4, -0.2) is 11.4 Å². The van der Waals surface area contributed by atoms with Gasteiger partial charge in [0.25, 0.3) is 5.91 Å². The van der Waals surface area contributed by atoms with Crippen LogP contribution in [0.4, 0.5) is 0 Å². The molecular formula is C9H12BrNOS. The van der Waals surface area contributed by atoms with E-state index < -0.39 is 0 Å². The van der Waals surface area contributed by atoms with Gasteiger partial charge in [0, 0.05) is 20.8 Å². The molecule has 72 valence electrons. The van der Waals surface area contributed by atoms with Gasteiger partial charge in [0.15, 0.2) is 0 Å². The van der Waals surface area contributed by atoms with Gasteiger partial charge in [-0.1, -0.05) is 0 Å². The molecule has 0 unspecified atom stereocenters. The van der Waals surface area contributed by atoms with Crippen LogP contribution in [-0.2, 0) is 0 Å². The summed E-state index contributed by atoms with van der Waals surface area (Å²) < 4.78 is 0.860. The van der Waals surface area contributed by atoms with Gasteiger partial charge < -0.3 is 5.32 Å². The van der Waals surface area contributed by atoms with Crippen molar-refractivity contribution in [3.05, 3.63) is 20.8 Å². The molecule has 1 amide bonds. The lowest BCUT2D eigenvalue weighted by Gasteiger charge is -2.20. The summed E-state index contributed by atoms with van der Waals surface area (Å²) in [4.78, 5) is 11.6. The zero-order chi connectivity index (χ0) is 10.1. The zero-order valence-corrected chi connectivity index (χ0v) is 10.3. The molecule has 0 aliphatic carbocycles. The number of hydrogen-bond acceptors (Lipinski definition) is 2. The molecule has 4 heteroatoms. The van der Waals surface area contributed by atoms with E-state index in [1.165, 1.54) is 11.3 Å². The largest absolute Gasteiger partial charge is 0.347 e. The molecule has 1 N–H and O–H groups in total. The molecule has 0 saturated heterocycles. The Morgan fingerprint density at radius 2 is 2.08 bits per heavy atom. The SMILES string of the molecule is CC(C)(C)NC(=O)c1cscc1Br. The van der Waals surface area contributed by atoms with Crippen LogP contribution < -0.4 is 5.32 Å². The molecule has 0 aliphatic rings. The molecule has 0 aliphatic heterocycles. The Labute approximate surface area is 90.5 Å². The van der Waals surface area contributed by atoms with Gasteiger partial charge in [0.05, 0.1) is 5.56 Å². The summed E-state index contributed by atoms with van der Waals surface area (Å²) >= 11 is 4.84. The van der Waals surface area contributed by atoms with Gasteiger partial charge in [0.2, 0.25) is 0 Å².